The fourth-order valence-electron chi connectivity index (χ4n) is 2.90. The molecule has 0 aliphatic heterocycles. The molecule has 0 fully saturated rings. The molecule has 2 atom stereocenters. The lowest BCUT2D eigenvalue weighted by Crippen LogP contribution is -2.35. The topological polar surface area (TPSA) is 12.0 Å². The highest BCUT2D eigenvalue weighted by molar-refractivity contribution is 5.20. The first kappa shape index (κ1) is 14.3. The smallest absolute Gasteiger partial charge is 0.0369 e. The zero-order valence-electron chi connectivity index (χ0n) is 12.5. The second-order valence-electron chi connectivity index (χ2n) is 6.77. The van der Waals surface area contributed by atoms with Crippen LogP contribution < -0.4 is 5.32 Å². The van der Waals surface area contributed by atoms with Crippen LogP contribution in [0.15, 0.2) is 42.5 Å². The molecule has 1 N–H and O–H groups in total. The molecule has 1 aliphatic rings. The van der Waals surface area contributed by atoms with Crippen LogP contribution in [0, 0.1) is 11.3 Å². The molecule has 0 saturated heterocycles. The summed E-state index contributed by atoms with van der Waals surface area (Å²) in [6.07, 6.45) is 8.46. The number of nitrogens with one attached hydrogen (secondary N) is 1. The predicted octanol–water partition coefficient (Wildman–Crippen LogP) is 4.72. The third-order valence-electron chi connectivity index (χ3n) is 3.99. The molecule has 0 bridgehead atoms. The van der Waals surface area contributed by atoms with Gasteiger partial charge in [-0.1, -0.05) is 63.3 Å². The van der Waals surface area contributed by atoms with Gasteiger partial charge in [-0.2, -0.15) is 0 Å². The molecule has 19 heavy (non-hydrogen) atoms. The zero-order valence-corrected chi connectivity index (χ0v) is 12.5. The zero-order chi connectivity index (χ0) is 13.7. The molecular weight excluding hydrogens is 230 g/mol. The van der Waals surface area contributed by atoms with Crippen molar-refractivity contribution in [3.8, 4) is 0 Å². The van der Waals surface area contributed by atoms with Gasteiger partial charge in [-0.15, -0.1) is 0 Å². The Morgan fingerprint density at radius 3 is 2.47 bits per heavy atom. The monoisotopic (exact) mass is 257 g/mol. The van der Waals surface area contributed by atoms with Gasteiger partial charge in [-0.05, 0) is 42.7 Å². The minimum absolute atomic E-state index is 0.242. The lowest BCUT2D eigenvalue weighted by molar-refractivity contribution is 0.256. The molecule has 2 unspecified atom stereocenters. The van der Waals surface area contributed by atoms with Crippen molar-refractivity contribution in [3.63, 3.8) is 0 Å². The summed E-state index contributed by atoms with van der Waals surface area (Å²) in [4.78, 5) is 0. The van der Waals surface area contributed by atoms with Crippen molar-refractivity contribution in [2.75, 3.05) is 6.54 Å². The van der Waals surface area contributed by atoms with E-state index in [-0.39, 0.29) is 5.41 Å². The van der Waals surface area contributed by atoms with E-state index < -0.39 is 0 Å². The maximum absolute atomic E-state index is 3.81. The lowest BCUT2D eigenvalue weighted by atomic mass is 9.82. The summed E-state index contributed by atoms with van der Waals surface area (Å²) in [6.45, 7) is 8.08. The fourth-order valence-corrected chi connectivity index (χ4v) is 2.90. The van der Waals surface area contributed by atoms with E-state index in [0.29, 0.717) is 6.04 Å². The summed E-state index contributed by atoms with van der Waals surface area (Å²) in [5, 5.41) is 3.81. The number of rotatable bonds is 4. The quantitative estimate of drug-likeness (QED) is 0.770. The predicted molar refractivity (Wildman–Crippen MR) is 83.1 cm³/mol. The molecule has 2 rings (SSSR count). The second kappa shape index (κ2) is 6.38. The number of benzene rings is 1. The molecule has 0 aromatic heterocycles. The van der Waals surface area contributed by atoms with E-state index in [1.54, 1.807) is 0 Å². The van der Waals surface area contributed by atoms with Crippen LogP contribution in [0.1, 0.15) is 51.6 Å². The van der Waals surface area contributed by atoms with E-state index >= 15 is 0 Å². The van der Waals surface area contributed by atoms with Gasteiger partial charge in [0, 0.05) is 6.04 Å². The Hall–Kier alpha value is -1.08. The molecule has 0 heterocycles. The summed E-state index contributed by atoms with van der Waals surface area (Å²) in [5.41, 5.74) is 1.65. The van der Waals surface area contributed by atoms with Gasteiger partial charge in [-0.3, -0.25) is 0 Å². The van der Waals surface area contributed by atoms with Crippen LogP contribution in [0.3, 0.4) is 0 Å². The van der Waals surface area contributed by atoms with Crippen LogP contribution in [0.4, 0.5) is 0 Å². The van der Waals surface area contributed by atoms with Gasteiger partial charge in [0.15, 0.2) is 0 Å². The van der Waals surface area contributed by atoms with Crippen molar-refractivity contribution >= 4 is 0 Å². The second-order valence-corrected chi connectivity index (χ2v) is 6.77. The van der Waals surface area contributed by atoms with Crippen molar-refractivity contribution in [2.24, 2.45) is 11.3 Å². The highest BCUT2D eigenvalue weighted by Crippen LogP contribution is 2.33. The molecule has 0 radical (unpaired) electrons. The highest BCUT2D eigenvalue weighted by Gasteiger charge is 2.26. The van der Waals surface area contributed by atoms with Crippen molar-refractivity contribution in [1.29, 1.82) is 0 Å². The largest absolute Gasteiger partial charge is 0.309 e. The number of hydrogen-bond donors (Lipinski definition) is 1. The SMILES string of the molecule is CC(C)(C)C(NCC1CC=CCC1)c1ccccc1. The molecule has 1 aliphatic carbocycles. The maximum Gasteiger partial charge on any atom is 0.0369 e. The van der Waals surface area contributed by atoms with Crippen LogP contribution in [0.25, 0.3) is 0 Å². The Morgan fingerprint density at radius 1 is 1.16 bits per heavy atom. The standard InChI is InChI=1S/C18H27N/c1-18(2,3)17(16-12-8-5-9-13-16)19-14-15-10-6-4-7-11-15/h4-6,8-9,12-13,15,17,19H,7,10-11,14H2,1-3H3. The normalized spacial score (nSPS) is 21.3. The minimum atomic E-state index is 0.242. The van der Waals surface area contributed by atoms with Crippen molar-refractivity contribution in [1.82, 2.24) is 5.32 Å². The fraction of sp³-hybridized carbons (Fsp3) is 0.556. The van der Waals surface area contributed by atoms with Gasteiger partial charge < -0.3 is 5.32 Å². The summed E-state index contributed by atoms with van der Waals surface area (Å²) in [7, 11) is 0. The molecule has 1 aromatic carbocycles. The van der Waals surface area contributed by atoms with Crippen LogP contribution in [-0.2, 0) is 0 Å². The van der Waals surface area contributed by atoms with E-state index in [0.717, 1.165) is 12.5 Å². The molecule has 1 nitrogen and oxygen atoms in total. The average molecular weight is 257 g/mol. The van der Waals surface area contributed by atoms with Crippen molar-refractivity contribution in [2.45, 2.75) is 46.1 Å². The average Bonchev–Trinajstić information content (AvgIpc) is 2.40. The first-order chi connectivity index (χ1) is 9.07. The van der Waals surface area contributed by atoms with Crippen molar-refractivity contribution < 1.29 is 0 Å². The maximum atomic E-state index is 3.81. The summed E-state index contributed by atoms with van der Waals surface area (Å²) >= 11 is 0. The summed E-state index contributed by atoms with van der Waals surface area (Å²) < 4.78 is 0. The third kappa shape index (κ3) is 4.21. The molecule has 0 amide bonds. The Labute approximate surface area is 118 Å². The molecule has 0 spiro atoms. The van der Waals surface area contributed by atoms with Crippen molar-refractivity contribution in [3.05, 3.63) is 48.0 Å². The van der Waals surface area contributed by atoms with Gasteiger partial charge in [0.05, 0.1) is 0 Å². The van der Waals surface area contributed by atoms with E-state index in [4.69, 9.17) is 0 Å². The Bertz CT molecular complexity index is 399. The van der Waals surface area contributed by atoms with Gasteiger partial charge in [0.1, 0.15) is 0 Å². The molecular formula is C18H27N. The molecule has 0 saturated carbocycles. The van der Waals surface area contributed by atoms with Crippen LogP contribution >= 0.6 is 0 Å². The van der Waals surface area contributed by atoms with Gasteiger partial charge in [0.25, 0.3) is 0 Å². The number of allylic oxidation sites excluding steroid dienone is 2. The Kier molecular flexibility index (Phi) is 4.81. The first-order valence-electron chi connectivity index (χ1n) is 7.50. The number of hydrogen-bond acceptors (Lipinski definition) is 1. The van der Waals surface area contributed by atoms with Gasteiger partial charge >= 0.3 is 0 Å². The Balaban J connectivity index is 2.01. The van der Waals surface area contributed by atoms with Gasteiger partial charge in [-0.25, -0.2) is 0 Å². The van der Waals surface area contributed by atoms with E-state index in [9.17, 15) is 0 Å². The summed E-state index contributed by atoms with van der Waals surface area (Å²) in [5.74, 6) is 0.804. The van der Waals surface area contributed by atoms with E-state index in [1.807, 2.05) is 0 Å². The van der Waals surface area contributed by atoms with Crippen LogP contribution in [-0.4, -0.2) is 6.54 Å². The minimum Gasteiger partial charge on any atom is -0.309 e. The van der Waals surface area contributed by atoms with Crippen LogP contribution in [0.5, 0.6) is 0 Å². The Morgan fingerprint density at radius 2 is 1.89 bits per heavy atom. The molecule has 104 valence electrons. The van der Waals surface area contributed by atoms with Gasteiger partial charge in [0.2, 0.25) is 0 Å². The first-order valence-corrected chi connectivity index (χ1v) is 7.50. The highest BCUT2D eigenvalue weighted by atomic mass is 14.9. The van der Waals surface area contributed by atoms with E-state index in [2.05, 4.69) is 68.6 Å². The third-order valence-corrected chi connectivity index (χ3v) is 3.99. The van der Waals surface area contributed by atoms with E-state index in [1.165, 1.54) is 24.8 Å². The molecule has 1 heteroatoms. The lowest BCUT2D eigenvalue weighted by Gasteiger charge is -2.34. The van der Waals surface area contributed by atoms with Crippen LogP contribution in [0.2, 0.25) is 0 Å². The molecule has 1 aromatic rings. The summed E-state index contributed by atoms with van der Waals surface area (Å²) in [6, 6.07) is 11.3.